The van der Waals surface area contributed by atoms with Crippen molar-refractivity contribution < 1.29 is 14.4 Å². The molecule has 1 saturated heterocycles. The highest BCUT2D eigenvalue weighted by Crippen LogP contribution is 2.10. The number of quaternary nitrogens is 1. The van der Waals surface area contributed by atoms with Gasteiger partial charge in [-0.15, -0.1) is 0 Å². The van der Waals surface area contributed by atoms with Gasteiger partial charge in [-0.3, -0.25) is 4.79 Å². The number of benzene rings is 1. The number of morpholine rings is 1. The molecule has 1 heterocycles. The Morgan fingerprint density at radius 2 is 1.89 bits per heavy atom. The lowest BCUT2D eigenvalue weighted by atomic mass is 10.2. The summed E-state index contributed by atoms with van der Waals surface area (Å²) in [7, 11) is 0. The van der Waals surface area contributed by atoms with Crippen molar-refractivity contribution in [3.05, 3.63) is 27.8 Å². The summed E-state index contributed by atoms with van der Waals surface area (Å²) in [5.41, 5.74) is 0.860. The zero-order valence-electron chi connectivity index (χ0n) is 11.3. The molecule has 0 radical (unpaired) electrons. The summed E-state index contributed by atoms with van der Waals surface area (Å²) in [4.78, 5) is 13.3. The van der Waals surface area contributed by atoms with Gasteiger partial charge >= 0.3 is 0 Å². The van der Waals surface area contributed by atoms with Gasteiger partial charge in [0.2, 0.25) is 0 Å². The maximum atomic E-state index is 12.0. The second-order valence-electron chi connectivity index (χ2n) is 5.15. The normalized spacial score (nSPS) is 27.0. The summed E-state index contributed by atoms with van der Waals surface area (Å²) in [5.74, 6) is 0.0671. The van der Waals surface area contributed by atoms with E-state index in [2.05, 4.69) is 41.8 Å². The Hall–Kier alpha value is -0.660. The van der Waals surface area contributed by atoms with Crippen LogP contribution < -0.4 is 10.2 Å². The number of halogens is 1. The first-order valence-electron chi connectivity index (χ1n) is 6.57. The van der Waals surface area contributed by atoms with E-state index in [1.54, 1.807) is 0 Å². The molecule has 0 aromatic heterocycles. The molecule has 0 bridgehead atoms. The highest BCUT2D eigenvalue weighted by Gasteiger charge is 2.27. The predicted molar refractivity (Wildman–Crippen MR) is 83.4 cm³/mol. The molecule has 1 amide bonds. The minimum absolute atomic E-state index is 0.0671. The smallest absolute Gasteiger partial charge is 0.279 e. The third kappa shape index (κ3) is 4.74. The van der Waals surface area contributed by atoms with Crippen LogP contribution in [0.1, 0.15) is 13.8 Å². The van der Waals surface area contributed by atoms with Crippen LogP contribution in [0, 0.1) is 3.57 Å². The maximum absolute atomic E-state index is 12.0. The topological polar surface area (TPSA) is 42.8 Å². The molecular weight excluding hydrogens is 355 g/mol. The van der Waals surface area contributed by atoms with Crippen molar-refractivity contribution in [2.24, 2.45) is 0 Å². The Kier molecular flexibility index (Phi) is 5.18. The zero-order valence-corrected chi connectivity index (χ0v) is 13.4. The molecule has 0 saturated carbocycles. The Labute approximate surface area is 127 Å². The summed E-state index contributed by atoms with van der Waals surface area (Å²) in [6, 6.07) is 7.84. The lowest BCUT2D eigenvalue weighted by Crippen LogP contribution is -3.16. The second kappa shape index (κ2) is 6.67. The molecular formula is C14H20IN2O2+. The fraction of sp³-hybridized carbons (Fsp3) is 0.500. The zero-order chi connectivity index (χ0) is 13.8. The van der Waals surface area contributed by atoms with E-state index < -0.39 is 0 Å². The van der Waals surface area contributed by atoms with Crippen LogP contribution in [-0.2, 0) is 9.53 Å². The third-order valence-corrected chi connectivity index (χ3v) is 3.87. The van der Waals surface area contributed by atoms with Crippen LogP contribution in [0.3, 0.4) is 0 Å². The SMILES string of the molecule is C[C@@H]1C[NH+](CC(=O)Nc2ccc(I)cc2)C[C@H](C)O1. The first-order chi connectivity index (χ1) is 9.02. The number of nitrogens with one attached hydrogen (secondary N) is 2. The van der Waals surface area contributed by atoms with Gasteiger partial charge in [-0.25, -0.2) is 0 Å². The van der Waals surface area contributed by atoms with E-state index in [4.69, 9.17) is 4.74 Å². The lowest BCUT2D eigenvalue weighted by Gasteiger charge is -2.31. The van der Waals surface area contributed by atoms with E-state index in [1.807, 2.05) is 24.3 Å². The molecule has 1 unspecified atom stereocenters. The van der Waals surface area contributed by atoms with Crippen LogP contribution in [0.2, 0.25) is 0 Å². The van der Waals surface area contributed by atoms with Crippen molar-refractivity contribution in [1.29, 1.82) is 0 Å². The quantitative estimate of drug-likeness (QED) is 0.772. The second-order valence-corrected chi connectivity index (χ2v) is 6.39. The largest absolute Gasteiger partial charge is 0.364 e. The average Bonchev–Trinajstić information content (AvgIpc) is 2.30. The number of ether oxygens (including phenoxy) is 1. The standard InChI is InChI=1S/C14H19IN2O2/c1-10-7-17(8-11(2)19-10)9-14(18)16-13-5-3-12(15)4-6-13/h3-6,10-11H,7-9H2,1-2H3,(H,16,18)/p+1/t10-,11+. The van der Waals surface area contributed by atoms with Crippen LogP contribution in [0.4, 0.5) is 5.69 Å². The lowest BCUT2D eigenvalue weighted by molar-refractivity contribution is -0.907. The molecule has 0 aliphatic carbocycles. The summed E-state index contributed by atoms with van der Waals surface area (Å²) in [5, 5.41) is 2.94. The predicted octanol–water partition coefficient (Wildman–Crippen LogP) is 0.922. The Morgan fingerprint density at radius 3 is 2.47 bits per heavy atom. The molecule has 19 heavy (non-hydrogen) atoms. The summed E-state index contributed by atoms with van der Waals surface area (Å²) in [6.07, 6.45) is 0.453. The number of carbonyl (C=O) groups excluding carboxylic acids is 1. The van der Waals surface area contributed by atoms with Gasteiger partial charge in [0.1, 0.15) is 25.3 Å². The van der Waals surface area contributed by atoms with Gasteiger partial charge in [0.05, 0.1) is 0 Å². The van der Waals surface area contributed by atoms with Gasteiger partial charge in [0, 0.05) is 9.26 Å². The molecule has 0 spiro atoms. The van der Waals surface area contributed by atoms with Crippen LogP contribution in [0.5, 0.6) is 0 Å². The van der Waals surface area contributed by atoms with Gasteiger partial charge in [-0.2, -0.15) is 0 Å². The number of hydrogen-bond donors (Lipinski definition) is 2. The minimum Gasteiger partial charge on any atom is -0.364 e. The van der Waals surface area contributed by atoms with E-state index >= 15 is 0 Å². The number of hydrogen-bond acceptors (Lipinski definition) is 2. The molecule has 1 fully saturated rings. The minimum atomic E-state index is 0.0671. The molecule has 1 aliphatic rings. The summed E-state index contributed by atoms with van der Waals surface area (Å²) < 4.78 is 6.84. The van der Waals surface area contributed by atoms with Gasteiger partial charge in [-0.1, -0.05) is 0 Å². The van der Waals surface area contributed by atoms with Gasteiger partial charge in [-0.05, 0) is 60.7 Å². The van der Waals surface area contributed by atoms with E-state index in [-0.39, 0.29) is 18.1 Å². The number of rotatable bonds is 3. The van der Waals surface area contributed by atoms with Gasteiger partial charge < -0.3 is 15.0 Å². The molecule has 4 nitrogen and oxygen atoms in total. The molecule has 2 N–H and O–H groups in total. The Balaban J connectivity index is 1.85. The number of carbonyl (C=O) groups is 1. The van der Waals surface area contributed by atoms with Crippen molar-refractivity contribution in [3.8, 4) is 0 Å². The van der Waals surface area contributed by atoms with E-state index in [0.717, 1.165) is 22.3 Å². The molecule has 2 rings (SSSR count). The molecule has 1 aliphatic heterocycles. The molecule has 104 valence electrons. The first kappa shape index (κ1) is 14.7. The molecule has 1 aromatic rings. The van der Waals surface area contributed by atoms with Crippen molar-refractivity contribution in [2.75, 3.05) is 25.0 Å². The average molecular weight is 375 g/mol. The Morgan fingerprint density at radius 1 is 1.32 bits per heavy atom. The van der Waals surface area contributed by atoms with Crippen molar-refractivity contribution in [2.45, 2.75) is 26.1 Å². The van der Waals surface area contributed by atoms with E-state index in [0.29, 0.717) is 6.54 Å². The summed E-state index contributed by atoms with van der Waals surface area (Å²) >= 11 is 2.25. The number of amides is 1. The van der Waals surface area contributed by atoms with Crippen LogP contribution >= 0.6 is 22.6 Å². The highest BCUT2D eigenvalue weighted by atomic mass is 127. The van der Waals surface area contributed by atoms with Crippen molar-refractivity contribution >= 4 is 34.2 Å². The van der Waals surface area contributed by atoms with Crippen LogP contribution in [0.25, 0.3) is 0 Å². The van der Waals surface area contributed by atoms with Crippen LogP contribution in [-0.4, -0.2) is 37.7 Å². The Bertz CT molecular complexity index is 426. The fourth-order valence-electron chi connectivity index (χ4n) is 2.50. The van der Waals surface area contributed by atoms with Crippen molar-refractivity contribution in [1.82, 2.24) is 0 Å². The maximum Gasteiger partial charge on any atom is 0.279 e. The van der Waals surface area contributed by atoms with Gasteiger partial charge in [0.15, 0.2) is 6.54 Å². The fourth-order valence-corrected chi connectivity index (χ4v) is 2.86. The van der Waals surface area contributed by atoms with Crippen LogP contribution in [0.15, 0.2) is 24.3 Å². The van der Waals surface area contributed by atoms with Gasteiger partial charge in [0.25, 0.3) is 5.91 Å². The van der Waals surface area contributed by atoms with Crippen molar-refractivity contribution in [3.63, 3.8) is 0 Å². The molecule has 5 heteroatoms. The third-order valence-electron chi connectivity index (χ3n) is 3.16. The van der Waals surface area contributed by atoms with E-state index in [1.165, 1.54) is 4.90 Å². The summed E-state index contributed by atoms with van der Waals surface area (Å²) in [6.45, 7) is 6.41. The molecule has 3 atom stereocenters. The molecule has 1 aromatic carbocycles. The number of anilines is 1. The first-order valence-corrected chi connectivity index (χ1v) is 7.65. The monoisotopic (exact) mass is 375 g/mol. The highest BCUT2D eigenvalue weighted by molar-refractivity contribution is 14.1. The van der Waals surface area contributed by atoms with E-state index in [9.17, 15) is 4.79 Å².